The van der Waals surface area contributed by atoms with Gasteiger partial charge in [-0.25, -0.2) is 4.99 Å². The smallest absolute Gasteiger partial charge is 0.252 e. The molecule has 216 valence electrons. The van der Waals surface area contributed by atoms with Crippen LogP contribution in [-0.2, 0) is 16.0 Å². The molecule has 8 heteroatoms. The van der Waals surface area contributed by atoms with Gasteiger partial charge in [-0.05, 0) is 60.7 Å². The lowest BCUT2D eigenvalue weighted by Crippen LogP contribution is -2.51. The highest BCUT2D eigenvalue weighted by atomic mass is 35.5. The summed E-state index contributed by atoms with van der Waals surface area (Å²) < 4.78 is 12.3. The number of halogens is 2. The molecule has 41 heavy (non-hydrogen) atoms. The van der Waals surface area contributed by atoms with Crippen LogP contribution in [0.25, 0.3) is 0 Å². The number of aliphatic imine (C=N–C) groups is 1. The fourth-order valence-electron chi connectivity index (χ4n) is 5.66. The van der Waals surface area contributed by atoms with Crippen molar-refractivity contribution in [3.05, 3.63) is 99.5 Å². The molecule has 1 fully saturated rings. The maximum Gasteiger partial charge on any atom is 0.252 e. The molecule has 0 bridgehead atoms. The van der Waals surface area contributed by atoms with E-state index in [1.165, 1.54) is 19.3 Å². The van der Waals surface area contributed by atoms with Crippen molar-refractivity contribution in [2.75, 3.05) is 19.8 Å². The van der Waals surface area contributed by atoms with Crippen LogP contribution in [0.2, 0.25) is 10.0 Å². The van der Waals surface area contributed by atoms with Crippen LogP contribution in [0.4, 0.5) is 0 Å². The molecule has 2 atom stereocenters. The Morgan fingerprint density at radius 3 is 2.49 bits per heavy atom. The fourth-order valence-corrected chi connectivity index (χ4v) is 6.17. The van der Waals surface area contributed by atoms with E-state index >= 15 is 0 Å². The summed E-state index contributed by atoms with van der Waals surface area (Å²) in [6.07, 6.45) is 6.01. The quantitative estimate of drug-likeness (QED) is 0.235. The summed E-state index contributed by atoms with van der Waals surface area (Å²) >= 11 is 13.0. The summed E-state index contributed by atoms with van der Waals surface area (Å²) in [4.78, 5) is 19.4. The van der Waals surface area contributed by atoms with Crippen molar-refractivity contribution >= 4 is 35.0 Å². The zero-order valence-electron chi connectivity index (χ0n) is 23.0. The van der Waals surface area contributed by atoms with Crippen LogP contribution in [-0.4, -0.2) is 42.2 Å². The maximum absolute atomic E-state index is 14.3. The van der Waals surface area contributed by atoms with E-state index in [4.69, 9.17) is 42.8 Å². The predicted molar refractivity (Wildman–Crippen MR) is 163 cm³/mol. The minimum atomic E-state index is -1.29. The number of aliphatic hydroxyl groups excluding tert-OH is 1. The Bertz CT molecular complexity index is 1340. The van der Waals surface area contributed by atoms with Crippen LogP contribution >= 0.6 is 23.2 Å². The minimum Gasteiger partial charge on any atom is -0.494 e. The molecule has 1 aliphatic carbocycles. The molecule has 1 aliphatic heterocycles. The summed E-state index contributed by atoms with van der Waals surface area (Å²) in [6, 6.07) is 22.5. The molecule has 2 N–H and O–H groups in total. The van der Waals surface area contributed by atoms with Gasteiger partial charge in [0.2, 0.25) is 5.90 Å². The first-order valence-electron chi connectivity index (χ1n) is 14.4. The zero-order valence-corrected chi connectivity index (χ0v) is 24.5. The summed E-state index contributed by atoms with van der Waals surface area (Å²) in [5.41, 5.74) is 1.06. The number of aliphatic hydroxyl groups is 1. The largest absolute Gasteiger partial charge is 0.494 e. The van der Waals surface area contributed by atoms with E-state index < -0.39 is 11.6 Å². The van der Waals surface area contributed by atoms with E-state index in [2.05, 4.69) is 5.32 Å². The van der Waals surface area contributed by atoms with E-state index in [9.17, 15) is 4.79 Å². The van der Waals surface area contributed by atoms with Crippen molar-refractivity contribution in [3.8, 4) is 5.75 Å². The molecule has 6 nitrogen and oxygen atoms in total. The molecule has 1 amide bonds. The number of nitrogens with one attached hydrogen (secondary N) is 1. The molecule has 0 saturated heterocycles. The average Bonchev–Trinajstić information content (AvgIpc) is 3.37. The Morgan fingerprint density at radius 2 is 1.78 bits per heavy atom. The highest BCUT2D eigenvalue weighted by Crippen LogP contribution is 2.45. The molecule has 2 aliphatic rings. The highest BCUT2D eigenvalue weighted by molar-refractivity contribution is 6.35. The minimum absolute atomic E-state index is 0.0731. The molecule has 0 unspecified atom stereocenters. The molecule has 3 aromatic rings. The number of nitrogens with zero attached hydrogens (tertiary/aromatic N) is 1. The first-order valence-corrected chi connectivity index (χ1v) is 15.1. The van der Waals surface area contributed by atoms with E-state index in [1.807, 2.05) is 60.7 Å². The summed E-state index contributed by atoms with van der Waals surface area (Å²) in [7, 11) is 0. The van der Waals surface area contributed by atoms with Crippen molar-refractivity contribution < 1.29 is 19.4 Å². The second kappa shape index (κ2) is 13.7. The third-order valence-electron chi connectivity index (χ3n) is 7.87. The van der Waals surface area contributed by atoms with Crippen molar-refractivity contribution in [2.24, 2.45) is 10.9 Å². The number of amides is 1. The van der Waals surface area contributed by atoms with Crippen LogP contribution in [0.15, 0.2) is 77.8 Å². The SMILES string of the molecule is O=C(NCC1CCCCC1)[C@]1(Cc2ccccc2)N=C(c2ccc(OCCCO)cc2)O[C@@H]1c1ccc(Cl)cc1Cl. The standard InChI is InChI=1S/C33H36Cl2N2O4/c34-26-14-17-28(29(35)20-26)30-33(21-23-8-3-1-4-9-23,32(39)36-22-24-10-5-2-6-11-24)37-31(41-30)25-12-15-27(16-13-25)40-19-7-18-38/h1,3-4,8-9,12-17,20,24,30,38H,2,5-7,10-11,18-19,21-22H2,(H,36,39)/t30-,33-/m1/s1. The van der Waals surface area contributed by atoms with Crippen molar-refractivity contribution in [1.29, 1.82) is 0 Å². The summed E-state index contributed by atoms with van der Waals surface area (Å²) in [5.74, 6) is 1.33. The van der Waals surface area contributed by atoms with Gasteiger partial charge in [0.25, 0.3) is 5.91 Å². The van der Waals surface area contributed by atoms with Gasteiger partial charge in [0.15, 0.2) is 11.6 Å². The number of hydrogen-bond acceptors (Lipinski definition) is 5. The number of rotatable bonds is 11. The molecule has 0 radical (unpaired) electrons. The second-order valence-corrected chi connectivity index (χ2v) is 11.7. The molecular formula is C33H36Cl2N2O4. The fraction of sp³-hybridized carbons (Fsp3) is 0.394. The van der Waals surface area contributed by atoms with Gasteiger partial charge in [-0.15, -0.1) is 0 Å². The Kier molecular flexibility index (Phi) is 9.86. The van der Waals surface area contributed by atoms with E-state index in [0.717, 1.165) is 24.0 Å². The van der Waals surface area contributed by atoms with Crippen molar-refractivity contribution in [3.63, 3.8) is 0 Å². The van der Waals surface area contributed by atoms with E-state index in [0.29, 0.717) is 59.2 Å². The van der Waals surface area contributed by atoms with Crippen LogP contribution in [0.1, 0.15) is 61.3 Å². The van der Waals surface area contributed by atoms with E-state index in [-0.39, 0.29) is 12.5 Å². The number of carbonyl (C=O) groups excluding carboxylic acids is 1. The topological polar surface area (TPSA) is 80.2 Å². The lowest BCUT2D eigenvalue weighted by Gasteiger charge is -2.32. The first kappa shape index (κ1) is 29.4. The Hall–Kier alpha value is -3.06. The van der Waals surface area contributed by atoms with Crippen LogP contribution in [0.3, 0.4) is 0 Å². The molecule has 1 saturated carbocycles. The number of benzene rings is 3. The summed E-state index contributed by atoms with van der Waals surface area (Å²) in [6.45, 7) is 1.11. The van der Waals surface area contributed by atoms with Gasteiger partial charge in [-0.1, -0.05) is 78.9 Å². The third kappa shape index (κ3) is 7.06. The number of ether oxygens (including phenoxy) is 2. The number of carbonyl (C=O) groups is 1. The van der Waals surface area contributed by atoms with Gasteiger partial charge in [0, 0.05) is 47.2 Å². The van der Waals surface area contributed by atoms with E-state index in [1.54, 1.807) is 12.1 Å². The van der Waals surface area contributed by atoms with Gasteiger partial charge >= 0.3 is 0 Å². The van der Waals surface area contributed by atoms with Crippen LogP contribution in [0.5, 0.6) is 5.75 Å². The van der Waals surface area contributed by atoms with Crippen molar-refractivity contribution in [2.45, 2.75) is 56.6 Å². The normalized spacial score (nSPS) is 20.8. The van der Waals surface area contributed by atoms with Crippen LogP contribution in [0, 0.1) is 5.92 Å². The molecular weight excluding hydrogens is 559 g/mol. The molecule has 3 aromatic carbocycles. The van der Waals surface area contributed by atoms with Crippen molar-refractivity contribution in [1.82, 2.24) is 5.32 Å². The molecule has 0 spiro atoms. The average molecular weight is 596 g/mol. The predicted octanol–water partition coefficient (Wildman–Crippen LogP) is 6.95. The first-order chi connectivity index (χ1) is 20.0. The van der Waals surface area contributed by atoms with Gasteiger partial charge in [-0.2, -0.15) is 0 Å². The summed E-state index contributed by atoms with van der Waals surface area (Å²) in [5, 5.41) is 13.2. The zero-order chi connectivity index (χ0) is 28.7. The lowest BCUT2D eigenvalue weighted by atomic mass is 9.81. The van der Waals surface area contributed by atoms with Crippen LogP contribution < -0.4 is 10.1 Å². The molecule has 0 aromatic heterocycles. The van der Waals surface area contributed by atoms with Gasteiger partial charge in [-0.3, -0.25) is 4.79 Å². The molecule has 1 heterocycles. The Labute approximate surface area is 251 Å². The maximum atomic E-state index is 14.3. The second-order valence-electron chi connectivity index (χ2n) is 10.8. The third-order valence-corrected chi connectivity index (χ3v) is 8.43. The monoisotopic (exact) mass is 594 g/mol. The van der Waals surface area contributed by atoms with Gasteiger partial charge in [0.05, 0.1) is 6.61 Å². The highest BCUT2D eigenvalue weighted by Gasteiger charge is 2.54. The van der Waals surface area contributed by atoms with Gasteiger partial charge in [0.1, 0.15) is 5.75 Å². The molecule has 5 rings (SSSR count). The Morgan fingerprint density at radius 1 is 1.02 bits per heavy atom. The number of hydrogen-bond donors (Lipinski definition) is 2. The Balaban J connectivity index is 1.53. The van der Waals surface area contributed by atoms with Gasteiger partial charge < -0.3 is 19.9 Å². The lowest BCUT2D eigenvalue weighted by molar-refractivity contribution is -0.129.